The molecule has 1 amide bonds. The Bertz CT molecular complexity index is 459. The topological polar surface area (TPSA) is 58.1 Å². The van der Waals surface area contributed by atoms with E-state index in [0.717, 1.165) is 19.1 Å². The molecule has 1 atom stereocenters. The predicted octanol–water partition coefficient (Wildman–Crippen LogP) is 1.86. The molecule has 0 spiro atoms. The minimum atomic E-state index is -0.0632. The van der Waals surface area contributed by atoms with Gasteiger partial charge in [0.25, 0.3) is 5.91 Å². The van der Waals surface area contributed by atoms with Gasteiger partial charge in [0.2, 0.25) is 0 Å². The van der Waals surface area contributed by atoms with Crippen LogP contribution in [0.5, 0.6) is 0 Å². The lowest BCUT2D eigenvalue weighted by molar-refractivity contribution is 0.0945. The molecule has 1 N–H and O–H groups in total. The molecule has 2 heterocycles. The Balaban J connectivity index is 1.43. The summed E-state index contributed by atoms with van der Waals surface area (Å²) < 4.78 is 0. The number of nitrogens with zero attached hydrogens (tertiary/aromatic N) is 3. The van der Waals surface area contributed by atoms with Gasteiger partial charge in [0.15, 0.2) is 0 Å². The normalized spacial score (nSPS) is 24.1. The lowest BCUT2D eigenvalue weighted by atomic mass is 9.94. The molecule has 1 saturated heterocycles. The van der Waals surface area contributed by atoms with E-state index in [0.29, 0.717) is 11.5 Å². The van der Waals surface area contributed by atoms with Gasteiger partial charge in [0.1, 0.15) is 6.33 Å². The van der Waals surface area contributed by atoms with E-state index in [1.165, 1.54) is 51.4 Å². The fraction of sp³-hybridized carbons (Fsp3) is 0.688. The molecule has 1 saturated carbocycles. The molecule has 21 heavy (non-hydrogen) atoms. The number of hydrogen-bond donors (Lipinski definition) is 1. The summed E-state index contributed by atoms with van der Waals surface area (Å²) in [4.78, 5) is 22.4. The zero-order valence-corrected chi connectivity index (χ0v) is 12.5. The summed E-state index contributed by atoms with van der Waals surface area (Å²) in [7, 11) is 0. The SMILES string of the molecule is O=C(NC[C@H]1CCN(C2CCCCC2)C1)c1cncnc1. The molecule has 3 rings (SSSR count). The van der Waals surface area contributed by atoms with Gasteiger partial charge in [-0.25, -0.2) is 9.97 Å². The van der Waals surface area contributed by atoms with Crippen LogP contribution in [-0.4, -0.2) is 46.5 Å². The molecule has 1 aromatic rings. The highest BCUT2D eigenvalue weighted by molar-refractivity contribution is 5.93. The van der Waals surface area contributed by atoms with Crippen molar-refractivity contribution in [2.45, 2.75) is 44.6 Å². The first-order valence-corrected chi connectivity index (χ1v) is 8.10. The highest BCUT2D eigenvalue weighted by Gasteiger charge is 2.29. The minimum Gasteiger partial charge on any atom is -0.352 e. The Morgan fingerprint density at radius 3 is 2.71 bits per heavy atom. The highest BCUT2D eigenvalue weighted by atomic mass is 16.1. The highest BCUT2D eigenvalue weighted by Crippen LogP contribution is 2.27. The van der Waals surface area contributed by atoms with Crippen LogP contribution in [0.1, 0.15) is 48.9 Å². The van der Waals surface area contributed by atoms with E-state index in [4.69, 9.17) is 0 Å². The third kappa shape index (κ3) is 3.79. The summed E-state index contributed by atoms with van der Waals surface area (Å²) in [6, 6.07) is 0.793. The average Bonchev–Trinajstić information content (AvgIpc) is 3.03. The summed E-state index contributed by atoms with van der Waals surface area (Å²) >= 11 is 0. The molecule has 1 aromatic heterocycles. The largest absolute Gasteiger partial charge is 0.352 e. The second-order valence-electron chi connectivity index (χ2n) is 6.28. The van der Waals surface area contributed by atoms with Crippen LogP contribution in [0.4, 0.5) is 0 Å². The number of amides is 1. The van der Waals surface area contributed by atoms with Crippen molar-refractivity contribution in [2.75, 3.05) is 19.6 Å². The Labute approximate surface area is 126 Å². The summed E-state index contributed by atoms with van der Waals surface area (Å²) in [6.45, 7) is 3.09. The fourth-order valence-electron chi connectivity index (χ4n) is 3.56. The third-order valence-electron chi connectivity index (χ3n) is 4.78. The van der Waals surface area contributed by atoms with Gasteiger partial charge in [0.05, 0.1) is 5.56 Å². The maximum Gasteiger partial charge on any atom is 0.254 e. The summed E-state index contributed by atoms with van der Waals surface area (Å²) in [5.74, 6) is 0.521. The minimum absolute atomic E-state index is 0.0632. The number of carbonyl (C=O) groups is 1. The van der Waals surface area contributed by atoms with E-state index in [2.05, 4.69) is 20.2 Å². The molecule has 1 aliphatic carbocycles. The maximum atomic E-state index is 12.0. The number of rotatable bonds is 4. The van der Waals surface area contributed by atoms with E-state index in [1.54, 1.807) is 12.4 Å². The molecular weight excluding hydrogens is 264 g/mol. The first kappa shape index (κ1) is 14.4. The molecule has 2 aliphatic rings. The van der Waals surface area contributed by atoms with Crippen molar-refractivity contribution in [1.29, 1.82) is 0 Å². The molecule has 2 fully saturated rings. The lowest BCUT2D eigenvalue weighted by Gasteiger charge is -2.31. The van der Waals surface area contributed by atoms with Crippen LogP contribution in [0.3, 0.4) is 0 Å². The number of nitrogens with one attached hydrogen (secondary N) is 1. The zero-order chi connectivity index (χ0) is 14.5. The number of aromatic nitrogens is 2. The van der Waals surface area contributed by atoms with Crippen LogP contribution in [0.2, 0.25) is 0 Å². The van der Waals surface area contributed by atoms with Crippen molar-refractivity contribution < 1.29 is 4.79 Å². The predicted molar refractivity (Wildman–Crippen MR) is 80.9 cm³/mol. The monoisotopic (exact) mass is 288 g/mol. The summed E-state index contributed by atoms with van der Waals surface area (Å²) in [5.41, 5.74) is 0.541. The molecule has 0 unspecified atom stereocenters. The van der Waals surface area contributed by atoms with E-state index < -0.39 is 0 Å². The Kier molecular flexibility index (Phi) is 4.80. The van der Waals surface area contributed by atoms with Gasteiger partial charge in [0, 0.05) is 31.5 Å². The standard InChI is InChI=1S/C16H24N4O/c21-16(14-9-17-12-18-10-14)19-8-13-6-7-20(11-13)15-4-2-1-3-5-15/h9-10,12-13,15H,1-8,11H2,(H,19,21)/t13-/m1/s1. The fourth-order valence-corrected chi connectivity index (χ4v) is 3.56. The van der Waals surface area contributed by atoms with Gasteiger partial charge in [-0.3, -0.25) is 4.79 Å². The number of carbonyl (C=O) groups excluding carboxylic acids is 1. The van der Waals surface area contributed by atoms with Crippen LogP contribution >= 0.6 is 0 Å². The second kappa shape index (κ2) is 6.98. The smallest absolute Gasteiger partial charge is 0.254 e. The van der Waals surface area contributed by atoms with Crippen molar-refractivity contribution >= 4 is 5.91 Å². The molecule has 0 bridgehead atoms. The zero-order valence-electron chi connectivity index (χ0n) is 12.5. The summed E-state index contributed by atoms with van der Waals surface area (Å²) in [5, 5.41) is 3.02. The molecule has 5 nitrogen and oxygen atoms in total. The van der Waals surface area contributed by atoms with E-state index in [1.807, 2.05) is 0 Å². The van der Waals surface area contributed by atoms with Crippen LogP contribution in [0, 0.1) is 5.92 Å². The van der Waals surface area contributed by atoms with E-state index in [-0.39, 0.29) is 5.91 Å². The van der Waals surface area contributed by atoms with E-state index in [9.17, 15) is 4.79 Å². The van der Waals surface area contributed by atoms with Gasteiger partial charge in [-0.1, -0.05) is 19.3 Å². The van der Waals surface area contributed by atoms with E-state index >= 15 is 0 Å². The number of likely N-dealkylation sites (tertiary alicyclic amines) is 1. The van der Waals surface area contributed by atoms with Gasteiger partial charge in [-0.2, -0.15) is 0 Å². The molecular formula is C16H24N4O. The van der Waals surface area contributed by atoms with Crippen LogP contribution < -0.4 is 5.32 Å². The quantitative estimate of drug-likeness (QED) is 0.919. The Morgan fingerprint density at radius 1 is 1.19 bits per heavy atom. The number of hydrogen-bond acceptors (Lipinski definition) is 4. The van der Waals surface area contributed by atoms with Crippen molar-refractivity contribution in [3.63, 3.8) is 0 Å². The van der Waals surface area contributed by atoms with Crippen molar-refractivity contribution in [3.8, 4) is 0 Å². The molecule has 5 heteroatoms. The van der Waals surface area contributed by atoms with Crippen LogP contribution in [0.25, 0.3) is 0 Å². The van der Waals surface area contributed by atoms with Crippen LogP contribution in [-0.2, 0) is 0 Å². The molecule has 0 radical (unpaired) electrons. The Morgan fingerprint density at radius 2 is 1.95 bits per heavy atom. The molecule has 1 aliphatic heterocycles. The lowest BCUT2D eigenvalue weighted by Crippen LogP contribution is -2.36. The molecule has 0 aromatic carbocycles. The van der Waals surface area contributed by atoms with Crippen molar-refractivity contribution in [3.05, 3.63) is 24.3 Å². The van der Waals surface area contributed by atoms with Gasteiger partial charge in [-0.05, 0) is 31.7 Å². The van der Waals surface area contributed by atoms with Crippen molar-refractivity contribution in [2.24, 2.45) is 5.92 Å². The van der Waals surface area contributed by atoms with Crippen molar-refractivity contribution in [1.82, 2.24) is 20.2 Å². The molecule has 114 valence electrons. The first-order chi connectivity index (χ1) is 10.3. The first-order valence-electron chi connectivity index (χ1n) is 8.10. The van der Waals surface area contributed by atoms with Gasteiger partial charge >= 0.3 is 0 Å². The maximum absolute atomic E-state index is 12.0. The van der Waals surface area contributed by atoms with Crippen LogP contribution in [0.15, 0.2) is 18.7 Å². The second-order valence-corrected chi connectivity index (χ2v) is 6.28. The van der Waals surface area contributed by atoms with Gasteiger partial charge in [-0.15, -0.1) is 0 Å². The Hall–Kier alpha value is -1.49. The average molecular weight is 288 g/mol. The summed E-state index contributed by atoms with van der Waals surface area (Å²) in [6.07, 6.45) is 12.7. The van der Waals surface area contributed by atoms with Gasteiger partial charge < -0.3 is 10.2 Å². The third-order valence-corrected chi connectivity index (χ3v) is 4.78.